The van der Waals surface area contributed by atoms with Crippen molar-refractivity contribution in [2.24, 2.45) is 0 Å². The number of methoxy groups -OCH3 is 1. The summed E-state index contributed by atoms with van der Waals surface area (Å²) in [5.41, 5.74) is 1.06. The molecular weight excluding hydrogens is 361 g/mol. The van der Waals surface area contributed by atoms with Crippen LogP contribution < -0.4 is 20.7 Å². The van der Waals surface area contributed by atoms with Gasteiger partial charge in [0, 0.05) is 0 Å². The van der Waals surface area contributed by atoms with Gasteiger partial charge in [-0.05, 0) is 0 Å². The Morgan fingerprint density at radius 2 is 1.14 bits per heavy atom. The molecule has 4 rings (SSSR count). The van der Waals surface area contributed by atoms with Crippen LogP contribution in [0.15, 0.2) is 109 Å². The van der Waals surface area contributed by atoms with Gasteiger partial charge in [0.05, 0.1) is 0 Å². The van der Waals surface area contributed by atoms with E-state index in [0.29, 0.717) is 0 Å². The van der Waals surface area contributed by atoms with Crippen molar-refractivity contribution in [2.75, 3.05) is 7.11 Å². The van der Waals surface area contributed by atoms with E-state index in [0.717, 1.165) is 17.6 Å². The molecule has 4 aromatic rings. The third-order valence-electron chi connectivity index (χ3n) is 5.27. The Morgan fingerprint density at radius 3 is 1.57 bits per heavy atom. The average Bonchev–Trinajstić information content (AvgIpc) is 2.79. The molecule has 0 atom stereocenters. The summed E-state index contributed by atoms with van der Waals surface area (Å²) in [6, 6.07) is 36.7. The van der Waals surface area contributed by atoms with Crippen molar-refractivity contribution in [3.63, 3.8) is 0 Å². The maximum absolute atomic E-state index is 5.46. The quantitative estimate of drug-likeness (QED) is 0.461. The van der Waals surface area contributed by atoms with Gasteiger partial charge in [-0.15, -0.1) is 0 Å². The van der Waals surface area contributed by atoms with Gasteiger partial charge in [0.15, 0.2) is 0 Å². The topological polar surface area (TPSA) is 22.1 Å². The molecule has 28 heavy (non-hydrogen) atoms. The van der Waals surface area contributed by atoms with Crippen LogP contribution in [0.4, 0.5) is 0 Å². The van der Waals surface area contributed by atoms with Crippen molar-refractivity contribution in [3.8, 4) is 5.75 Å². The van der Waals surface area contributed by atoms with Gasteiger partial charge >= 0.3 is 167 Å². The Kier molecular flexibility index (Phi) is 5.50. The van der Waals surface area contributed by atoms with Gasteiger partial charge in [-0.3, -0.25) is 0 Å². The predicted octanol–water partition coefficient (Wildman–Crippen LogP) is 4.32. The van der Waals surface area contributed by atoms with Gasteiger partial charge in [-0.1, -0.05) is 0 Å². The zero-order valence-electron chi connectivity index (χ0n) is 16.0. The molecule has 0 spiro atoms. The monoisotopic (exact) mass is 385 g/mol. The number of hydrogen-bond donors (Lipinski definition) is 0. The molecule has 0 radical (unpaired) electrons. The first kappa shape index (κ1) is 18.4. The van der Waals surface area contributed by atoms with Crippen LogP contribution >= 0.6 is 7.26 Å². The SMILES string of the molecule is COc1ccnc(C[PH](c2ccccc2)(c2ccccc2)c2ccccc2)c1. The van der Waals surface area contributed by atoms with Crippen LogP contribution in [0.1, 0.15) is 5.69 Å². The van der Waals surface area contributed by atoms with Crippen LogP contribution in [-0.2, 0) is 6.16 Å². The third kappa shape index (κ3) is 3.56. The second kappa shape index (κ2) is 8.37. The van der Waals surface area contributed by atoms with Crippen LogP contribution in [0.2, 0.25) is 0 Å². The van der Waals surface area contributed by atoms with Crippen molar-refractivity contribution in [3.05, 3.63) is 115 Å². The molecule has 1 heterocycles. The number of nitrogens with zero attached hydrogens (tertiary/aromatic N) is 1. The molecule has 0 unspecified atom stereocenters. The Hall–Kier alpha value is -2.96. The molecule has 0 fully saturated rings. The van der Waals surface area contributed by atoms with Gasteiger partial charge in [0.2, 0.25) is 0 Å². The van der Waals surface area contributed by atoms with E-state index in [1.54, 1.807) is 7.11 Å². The van der Waals surface area contributed by atoms with Gasteiger partial charge in [-0.2, -0.15) is 0 Å². The number of benzene rings is 3. The molecule has 0 saturated carbocycles. The zero-order valence-corrected chi connectivity index (χ0v) is 17.0. The van der Waals surface area contributed by atoms with Crippen LogP contribution in [0.25, 0.3) is 0 Å². The summed E-state index contributed by atoms with van der Waals surface area (Å²) in [6.45, 7) is 0. The zero-order chi connectivity index (χ0) is 19.2. The van der Waals surface area contributed by atoms with Gasteiger partial charge in [0.1, 0.15) is 0 Å². The van der Waals surface area contributed by atoms with E-state index < -0.39 is 7.26 Å². The number of hydrogen-bond acceptors (Lipinski definition) is 2. The average molecular weight is 385 g/mol. The van der Waals surface area contributed by atoms with Crippen molar-refractivity contribution < 1.29 is 4.74 Å². The molecule has 0 aliphatic carbocycles. The molecule has 0 N–H and O–H groups in total. The Bertz CT molecular complexity index is 923. The minimum atomic E-state index is -2.32. The van der Waals surface area contributed by atoms with Crippen LogP contribution in [0, 0.1) is 0 Å². The molecule has 3 heteroatoms. The molecular formula is C25H24NOP. The molecule has 0 aliphatic heterocycles. The van der Waals surface area contributed by atoms with E-state index in [4.69, 9.17) is 9.72 Å². The van der Waals surface area contributed by atoms with Crippen molar-refractivity contribution in [2.45, 2.75) is 6.16 Å². The first-order chi connectivity index (χ1) is 13.8. The number of ether oxygens (including phenoxy) is 1. The van der Waals surface area contributed by atoms with E-state index in [1.807, 2.05) is 12.3 Å². The van der Waals surface area contributed by atoms with Crippen LogP contribution in [0.3, 0.4) is 0 Å². The number of pyridine rings is 1. The maximum atomic E-state index is 5.46. The summed E-state index contributed by atoms with van der Waals surface area (Å²) < 4.78 is 5.46. The third-order valence-corrected chi connectivity index (χ3v) is 10.1. The molecule has 2 nitrogen and oxygen atoms in total. The van der Waals surface area contributed by atoms with E-state index in [1.165, 1.54) is 15.9 Å². The standard InChI is InChI=1S/C25H24NOP/c1-27-22-17-18-26-21(19-22)20-28(23-11-5-2-6-12-23,24-13-7-3-8-14-24)25-15-9-4-10-16-25/h2-19,28H,20H2,1H3. The van der Waals surface area contributed by atoms with Crippen molar-refractivity contribution >= 4 is 23.2 Å². The molecule has 0 aliphatic rings. The van der Waals surface area contributed by atoms with E-state index >= 15 is 0 Å². The summed E-state index contributed by atoms with van der Waals surface area (Å²) in [5.74, 6) is 0.849. The second-order valence-electron chi connectivity index (χ2n) is 6.87. The fraction of sp³-hybridized carbons (Fsp3) is 0.0800. The van der Waals surface area contributed by atoms with Gasteiger partial charge < -0.3 is 0 Å². The summed E-state index contributed by atoms with van der Waals surface area (Å²) in [6.07, 6.45) is 2.72. The first-order valence-corrected chi connectivity index (χ1v) is 11.7. The first-order valence-electron chi connectivity index (χ1n) is 9.48. The van der Waals surface area contributed by atoms with Gasteiger partial charge in [-0.25, -0.2) is 0 Å². The molecule has 1 aromatic heterocycles. The Morgan fingerprint density at radius 1 is 0.679 bits per heavy atom. The fourth-order valence-corrected chi connectivity index (χ4v) is 8.56. The normalized spacial score (nSPS) is 11.8. The molecule has 140 valence electrons. The van der Waals surface area contributed by atoms with E-state index in [2.05, 4.69) is 97.1 Å². The minimum absolute atomic E-state index is 0.849. The fourth-order valence-electron chi connectivity index (χ4n) is 3.93. The van der Waals surface area contributed by atoms with Crippen LogP contribution in [-0.4, -0.2) is 12.1 Å². The predicted molar refractivity (Wildman–Crippen MR) is 121 cm³/mol. The summed E-state index contributed by atoms with van der Waals surface area (Å²) in [5, 5.41) is 4.16. The summed E-state index contributed by atoms with van der Waals surface area (Å²) in [7, 11) is -0.615. The summed E-state index contributed by atoms with van der Waals surface area (Å²) in [4.78, 5) is 4.70. The summed E-state index contributed by atoms with van der Waals surface area (Å²) >= 11 is 0. The van der Waals surface area contributed by atoms with E-state index in [-0.39, 0.29) is 0 Å². The number of rotatable bonds is 6. The Balaban J connectivity index is 1.98. The van der Waals surface area contributed by atoms with Crippen molar-refractivity contribution in [1.29, 1.82) is 0 Å². The van der Waals surface area contributed by atoms with Crippen molar-refractivity contribution in [1.82, 2.24) is 4.98 Å². The second-order valence-corrected chi connectivity index (χ2v) is 10.8. The van der Waals surface area contributed by atoms with Gasteiger partial charge in [0.25, 0.3) is 0 Å². The Labute approximate surface area is 167 Å². The molecule has 3 aromatic carbocycles. The molecule has 0 amide bonds. The van der Waals surface area contributed by atoms with Crippen LogP contribution in [0.5, 0.6) is 5.75 Å². The molecule has 0 bridgehead atoms. The molecule has 0 saturated heterocycles. The number of aromatic nitrogens is 1. The van der Waals surface area contributed by atoms with E-state index in [9.17, 15) is 0 Å².